The highest BCUT2D eigenvalue weighted by Gasteiger charge is 2.25. The molecule has 1 aliphatic rings. The number of aromatic nitrogens is 2. The highest BCUT2D eigenvalue weighted by molar-refractivity contribution is 6.31. The van der Waals surface area contributed by atoms with E-state index in [9.17, 15) is 4.79 Å². The van der Waals surface area contributed by atoms with Gasteiger partial charge in [0.25, 0.3) is 5.91 Å². The first-order valence-corrected chi connectivity index (χ1v) is 10.2. The highest BCUT2D eigenvalue weighted by Crippen LogP contribution is 2.25. The van der Waals surface area contributed by atoms with Crippen LogP contribution in [0.5, 0.6) is 0 Å². The first-order valence-electron chi connectivity index (χ1n) is 9.79. The van der Waals surface area contributed by atoms with Crippen molar-refractivity contribution < 1.29 is 9.21 Å². The van der Waals surface area contributed by atoms with Gasteiger partial charge in [-0.05, 0) is 30.3 Å². The second kappa shape index (κ2) is 7.80. The summed E-state index contributed by atoms with van der Waals surface area (Å²) in [5.74, 6) is 1.81. The van der Waals surface area contributed by atoms with Gasteiger partial charge in [0.2, 0.25) is 0 Å². The number of amides is 1. The Morgan fingerprint density at radius 2 is 1.77 bits per heavy atom. The monoisotopic (exact) mass is 418 g/mol. The van der Waals surface area contributed by atoms with Crippen LogP contribution in [0, 0.1) is 0 Å². The van der Waals surface area contributed by atoms with E-state index in [1.54, 1.807) is 30.5 Å². The molecule has 0 spiro atoms. The van der Waals surface area contributed by atoms with E-state index < -0.39 is 0 Å². The van der Waals surface area contributed by atoms with Crippen LogP contribution in [0.4, 0.5) is 5.82 Å². The lowest BCUT2D eigenvalue weighted by Crippen LogP contribution is -2.49. The number of nitrogens with zero attached hydrogens (tertiary/aromatic N) is 4. The van der Waals surface area contributed by atoms with Crippen LogP contribution in [-0.2, 0) is 0 Å². The van der Waals surface area contributed by atoms with Crippen LogP contribution in [0.1, 0.15) is 10.6 Å². The fourth-order valence-corrected chi connectivity index (χ4v) is 3.85. The quantitative estimate of drug-likeness (QED) is 0.490. The van der Waals surface area contributed by atoms with Crippen LogP contribution in [0.25, 0.3) is 22.4 Å². The van der Waals surface area contributed by atoms with Crippen molar-refractivity contribution in [3.05, 3.63) is 77.6 Å². The molecule has 1 fully saturated rings. The highest BCUT2D eigenvalue weighted by atomic mass is 35.5. The first-order chi connectivity index (χ1) is 14.7. The fourth-order valence-electron chi connectivity index (χ4n) is 3.67. The maximum absolute atomic E-state index is 12.9. The van der Waals surface area contributed by atoms with Crippen LogP contribution in [0.15, 0.2) is 71.3 Å². The standard InChI is InChI=1S/C23H19ClN4O2/c24-18-6-7-19-17(14-18)15-20(30-19)23(29)28-12-10-27(11-13-28)21-8-9-25-22(26-21)16-4-2-1-3-5-16/h1-9,14-15H,10-13H2. The van der Waals surface area contributed by atoms with Gasteiger partial charge >= 0.3 is 0 Å². The van der Waals surface area contributed by atoms with Crippen LogP contribution in [0.2, 0.25) is 5.02 Å². The number of furan rings is 1. The second-order valence-corrected chi connectivity index (χ2v) is 7.61. The summed E-state index contributed by atoms with van der Waals surface area (Å²) in [6, 6.07) is 18.9. The zero-order valence-corrected chi connectivity index (χ0v) is 16.9. The number of carbonyl (C=O) groups excluding carboxylic acids is 1. The Labute approximate surface area is 178 Å². The van der Waals surface area contributed by atoms with Crippen molar-refractivity contribution in [1.82, 2.24) is 14.9 Å². The van der Waals surface area contributed by atoms with Crippen molar-refractivity contribution in [2.75, 3.05) is 31.1 Å². The van der Waals surface area contributed by atoms with Gasteiger partial charge in [-0.25, -0.2) is 9.97 Å². The van der Waals surface area contributed by atoms with Crippen LogP contribution in [0.3, 0.4) is 0 Å². The summed E-state index contributed by atoms with van der Waals surface area (Å²) in [4.78, 5) is 26.0. The van der Waals surface area contributed by atoms with E-state index in [0.717, 1.165) is 16.8 Å². The van der Waals surface area contributed by atoms with Gasteiger partial charge in [0.1, 0.15) is 11.4 Å². The Morgan fingerprint density at radius 3 is 2.57 bits per heavy atom. The Kier molecular flexibility index (Phi) is 4.85. The minimum absolute atomic E-state index is 0.102. The summed E-state index contributed by atoms with van der Waals surface area (Å²) in [5, 5.41) is 1.45. The molecule has 1 saturated heterocycles. The number of halogens is 1. The smallest absolute Gasteiger partial charge is 0.289 e. The fraction of sp³-hybridized carbons (Fsp3) is 0.174. The molecule has 0 aliphatic carbocycles. The lowest BCUT2D eigenvalue weighted by Gasteiger charge is -2.35. The van der Waals surface area contributed by atoms with E-state index in [2.05, 4.69) is 9.88 Å². The molecule has 0 atom stereocenters. The summed E-state index contributed by atoms with van der Waals surface area (Å²) >= 11 is 6.03. The molecular weight excluding hydrogens is 400 g/mol. The van der Waals surface area contributed by atoms with Crippen molar-refractivity contribution in [3.63, 3.8) is 0 Å². The lowest BCUT2D eigenvalue weighted by atomic mass is 10.2. The molecule has 150 valence electrons. The maximum atomic E-state index is 12.9. The van der Waals surface area contributed by atoms with Gasteiger partial charge in [-0.3, -0.25) is 4.79 Å². The molecule has 2 aromatic heterocycles. The van der Waals surface area contributed by atoms with E-state index in [0.29, 0.717) is 48.4 Å². The first kappa shape index (κ1) is 18.6. The number of carbonyl (C=O) groups is 1. The molecule has 30 heavy (non-hydrogen) atoms. The number of anilines is 1. The van der Waals surface area contributed by atoms with Crippen molar-refractivity contribution in [1.29, 1.82) is 0 Å². The third-order valence-corrected chi connectivity index (χ3v) is 5.49. The SMILES string of the molecule is O=C(c1cc2cc(Cl)ccc2o1)N1CCN(c2ccnc(-c3ccccc3)n2)CC1. The predicted molar refractivity (Wildman–Crippen MR) is 117 cm³/mol. The van der Waals surface area contributed by atoms with Crippen molar-refractivity contribution in [2.24, 2.45) is 0 Å². The van der Waals surface area contributed by atoms with Crippen LogP contribution in [-0.4, -0.2) is 47.0 Å². The maximum Gasteiger partial charge on any atom is 0.289 e. The molecule has 1 amide bonds. The van der Waals surface area contributed by atoms with E-state index in [1.165, 1.54) is 0 Å². The average Bonchev–Trinajstić information content (AvgIpc) is 3.22. The van der Waals surface area contributed by atoms with Crippen molar-refractivity contribution in [2.45, 2.75) is 0 Å². The summed E-state index contributed by atoms with van der Waals surface area (Å²) in [6.07, 6.45) is 1.78. The third kappa shape index (κ3) is 3.62. The van der Waals surface area contributed by atoms with Gasteiger partial charge in [-0.2, -0.15) is 0 Å². The van der Waals surface area contributed by atoms with Gasteiger partial charge in [-0.1, -0.05) is 41.9 Å². The Balaban J connectivity index is 1.28. The zero-order valence-electron chi connectivity index (χ0n) is 16.2. The Hall–Kier alpha value is -3.38. The number of fused-ring (bicyclic) bond motifs is 1. The summed E-state index contributed by atoms with van der Waals surface area (Å²) in [6.45, 7) is 2.59. The molecule has 0 unspecified atom stereocenters. The number of hydrogen-bond acceptors (Lipinski definition) is 5. The van der Waals surface area contributed by atoms with E-state index in [4.69, 9.17) is 21.0 Å². The third-order valence-electron chi connectivity index (χ3n) is 5.25. The summed E-state index contributed by atoms with van der Waals surface area (Å²) in [7, 11) is 0. The van der Waals surface area contributed by atoms with Crippen molar-refractivity contribution >= 4 is 34.3 Å². The molecule has 7 heteroatoms. The molecule has 2 aromatic carbocycles. The van der Waals surface area contributed by atoms with Gasteiger partial charge in [0, 0.05) is 48.3 Å². The average molecular weight is 419 g/mol. The predicted octanol–water partition coefficient (Wildman–Crippen LogP) is 4.51. The largest absolute Gasteiger partial charge is 0.451 e. The Bertz CT molecular complexity index is 1200. The van der Waals surface area contributed by atoms with E-state index in [-0.39, 0.29) is 5.91 Å². The van der Waals surface area contributed by atoms with E-state index in [1.807, 2.05) is 41.3 Å². The second-order valence-electron chi connectivity index (χ2n) is 7.18. The van der Waals surface area contributed by atoms with Gasteiger partial charge in [0.15, 0.2) is 11.6 Å². The van der Waals surface area contributed by atoms with Crippen LogP contribution >= 0.6 is 11.6 Å². The molecule has 0 radical (unpaired) electrons. The van der Waals surface area contributed by atoms with Crippen molar-refractivity contribution in [3.8, 4) is 11.4 Å². The molecule has 1 aliphatic heterocycles. The normalized spacial score (nSPS) is 14.3. The molecular formula is C23H19ClN4O2. The molecule has 0 saturated carbocycles. The van der Waals surface area contributed by atoms with E-state index >= 15 is 0 Å². The topological polar surface area (TPSA) is 62.5 Å². The molecule has 3 heterocycles. The summed E-state index contributed by atoms with van der Waals surface area (Å²) < 4.78 is 5.73. The zero-order chi connectivity index (χ0) is 20.5. The Morgan fingerprint density at radius 1 is 0.967 bits per heavy atom. The molecule has 0 N–H and O–H groups in total. The minimum atomic E-state index is -0.102. The van der Waals surface area contributed by atoms with Crippen LogP contribution < -0.4 is 4.90 Å². The number of benzene rings is 2. The number of rotatable bonds is 3. The molecule has 4 aromatic rings. The lowest BCUT2D eigenvalue weighted by molar-refractivity contribution is 0.0717. The van der Waals surface area contributed by atoms with Gasteiger partial charge in [-0.15, -0.1) is 0 Å². The number of piperazine rings is 1. The molecule has 0 bridgehead atoms. The van der Waals surface area contributed by atoms with Gasteiger partial charge in [0.05, 0.1) is 0 Å². The molecule has 6 nitrogen and oxygen atoms in total. The minimum Gasteiger partial charge on any atom is -0.451 e. The summed E-state index contributed by atoms with van der Waals surface area (Å²) in [5.41, 5.74) is 1.65. The number of hydrogen-bond donors (Lipinski definition) is 0. The van der Waals surface area contributed by atoms with Gasteiger partial charge < -0.3 is 14.2 Å². The molecule has 5 rings (SSSR count).